The summed E-state index contributed by atoms with van der Waals surface area (Å²) in [6.45, 7) is 3.54. The molecule has 0 bridgehead atoms. The van der Waals surface area contributed by atoms with Gasteiger partial charge in [-0.25, -0.2) is 0 Å². The van der Waals surface area contributed by atoms with Crippen LogP contribution in [0.5, 0.6) is 0 Å². The van der Waals surface area contributed by atoms with Gasteiger partial charge in [0.15, 0.2) is 0 Å². The molecule has 1 aliphatic heterocycles. The molecule has 0 radical (unpaired) electrons. The van der Waals surface area contributed by atoms with E-state index in [0.717, 1.165) is 0 Å². The summed E-state index contributed by atoms with van der Waals surface area (Å²) in [5.74, 6) is -0.972. The predicted molar refractivity (Wildman–Crippen MR) is 84.5 cm³/mol. The van der Waals surface area contributed by atoms with Crippen LogP contribution in [0.4, 0.5) is 5.69 Å². The lowest BCUT2D eigenvalue weighted by Crippen LogP contribution is -2.53. The van der Waals surface area contributed by atoms with Gasteiger partial charge >= 0.3 is 0 Å². The number of rotatable bonds is 4. The topological polar surface area (TPSA) is 105 Å². The summed E-state index contributed by atoms with van der Waals surface area (Å²) < 4.78 is 0. The van der Waals surface area contributed by atoms with Gasteiger partial charge in [0, 0.05) is 31.7 Å². The normalized spacial score (nSPS) is 17.7. The Morgan fingerprint density at radius 3 is 2.91 bits per heavy atom. The average Bonchev–Trinajstić information content (AvgIpc) is 2.51. The smallest absolute Gasteiger partial charge is 0.283 e. The number of nitro benzene ring substituents is 1. The Balaban J connectivity index is 2.03. The SMILES string of the molecule is CC1CN(C(=O)CNC(=O)c2c(Cl)cccc2[N+](=O)[O-])CCN1. The van der Waals surface area contributed by atoms with Gasteiger partial charge in [0.2, 0.25) is 5.91 Å². The highest BCUT2D eigenvalue weighted by Crippen LogP contribution is 2.25. The number of nitro groups is 1. The maximum Gasteiger partial charge on any atom is 0.283 e. The zero-order valence-corrected chi connectivity index (χ0v) is 13.3. The molecule has 124 valence electrons. The lowest BCUT2D eigenvalue weighted by molar-refractivity contribution is -0.385. The zero-order chi connectivity index (χ0) is 17.0. The molecule has 2 amide bonds. The number of hydrogen-bond donors (Lipinski definition) is 2. The largest absolute Gasteiger partial charge is 0.343 e. The highest BCUT2D eigenvalue weighted by atomic mass is 35.5. The van der Waals surface area contributed by atoms with Gasteiger partial charge < -0.3 is 15.5 Å². The molecule has 1 aliphatic rings. The highest BCUT2D eigenvalue weighted by molar-refractivity contribution is 6.34. The molecule has 9 heteroatoms. The monoisotopic (exact) mass is 340 g/mol. The van der Waals surface area contributed by atoms with Crippen molar-refractivity contribution in [1.82, 2.24) is 15.5 Å². The van der Waals surface area contributed by atoms with Crippen LogP contribution in [0.3, 0.4) is 0 Å². The molecule has 1 aromatic rings. The molecule has 0 saturated carbocycles. The molecule has 8 nitrogen and oxygen atoms in total. The summed E-state index contributed by atoms with van der Waals surface area (Å²) in [6, 6.07) is 4.17. The Morgan fingerprint density at radius 2 is 2.26 bits per heavy atom. The number of amides is 2. The Hall–Kier alpha value is -2.19. The lowest BCUT2D eigenvalue weighted by Gasteiger charge is -2.31. The molecule has 2 rings (SSSR count). The van der Waals surface area contributed by atoms with Gasteiger partial charge in [-0.3, -0.25) is 19.7 Å². The van der Waals surface area contributed by atoms with Gasteiger partial charge in [0.1, 0.15) is 5.56 Å². The molecule has 1 aromatic carbocycles. The third-order valence-electron chi connectivity index (χ3n) is 3.54. The van der Waals surface area contributed by atoms with Gasteiger partial charge in [0.25, 0.3) is 11.6 Å². The van der Waals surface area contributed by atoms with Crippen LogP contribution in [-0.2, 0) is 4.79 Å². The van der Waals surface area contributed by atoms with Crippen LogP contribution in [0.25, 0.3) is 0 Å². The maximum atomic E-state index is 12.2. The van der Waals surface area contributed by atoms with E-state index >= 15 is 0 Å². The number of nitrogens with zero attached hydrogens (tertiary/aromatic N) is 2. The second-order valence-corrected chi connectivity index (χ2v) is 5.68. The summed E-state index contributed by atoms with van der Waals surface area (Å²) in [5.41, 5.74) is -0.626. The first-order valence-electron chi connectivity index (χ1n) is 7.12. The molecule has 0 aromatic heterocycles. The Labute approximate surface area is 137 Å². The lowest BCUT2D eigenvalue weighted by atomic mass is 10.1. The van der Waals surface area contributed by atoms with E-state index in [0.29, 0.717) is 19.6 Å². The molecule has 1 fully saturated rings. The van der Waals surface area contributed by atoms with Crippen LogP contribution in [0, 0.1) is 10.1 Å². The number of carbonyl (C=O) groups excluding carboxylic acids is 2. The van der Waals surface area contributed by atoms with E-state index in [1.54, 1.807) is 4.90 Å². The van der Waals surface area contributed by atoms with Crippen molar-refractivity contribution in [1.29, 1.82) is 0 Å². The predicted octanol–water partition coefficient (Wildman–Crippen LogP) is 0.798. The van der Waals surface area contributed by atoms with Crippen molar-refractivity contribution in [2.75, 3.05) is 26.2 Å². The molecule has 1 saturated heterocycles. The molecular formula is C14H17ClN4O4. The van der Waals surface area contributed by atoms with E-state index in [2.05, 4.69) is 10.6 Å². The van der Waals surface area contributed by atoms with Crippen LogP contribution in [-0.4, -0.2) is 53.9 Å². The fourth-order valence-electron chi connectivity index (χ4n) is 2.40. The highest BCUT2D eigenvalue weighted by Gasteiger charge is 2.25. The molecule has 0 aliphatic carbocycles. The molecule has 1 unspecified atom stereocenters. The van der Waals surface area contributed by atoms with Crippen molar-refractivity contribution in [2.45, 2.75) is 13.0 Å². The minimum Gasteiger partial charge on any atom is -0.343 e. The van der Waals surface area contributed by atoms with Crippen molar-refractivity contribution in [3.8, 4) is 0 Å². The van der Waals surface area contributed by atoms with Crippen molar-refractivity contribution >= 4 is 29.1 Å². The van der Waals surface area contributed by atoms with E-state index in [4.69, 9.17) is 11.6 Å². The Kier molecular flexibility index (Phi) is 5.51. The Morgan fingerprint density at radius 1 is 1.52 bits per heavy atom. The molecule has 23 heavy (non-hydrogen) atoms. The van der Waals surface area contributed by atoms with Gasteiger partial charge in [0.05, 0.1) is 16.5 Å². The van der Waals surface area contributed by atoms with E-state index in [-0.39, 0.29) is 29.1 Å². The number of benzene rings is 1. The fourth-order valence-corrected chi connectivity index (χ4v) is 2.66. The summed E-state index contributed by atoms with van der Waals surface area (Å²) in [6.07, 6.45) is 0. The summed E-state index contributed by atoms with van der Waals surface area (Å²) >= 11 is 5.88. The third kappa shape index (κ3) is 4.17. The van der Waals surface area contributed by atoms with E-state index < -0.39 is 16.5 Å². The number of nitrogens with one attached hydrogen (secondary N) is 2. The van der Waals surface area contributed by atoms with Crippen molar-refractivity contribution in [3.63, 3.8) is 0 Å². The first kappa shape index (κ1) is 17.2. The first-order valence-corrected chi connectivity index (χ1v) is 7.50. The van der Waals surface area contributed by atoms with E-state index in [1.807, 2.05) is 6.92 Å². The minimum absolute atomic E-state index is 0.0278. The van der Waals surface area contributed by atoms with Crippen LogP contribution < -0.4 is 10.6 Å². The second-order valence-electron chi connectivity index (χ2n) is 5.27. The number of carbonyl (C=O) groups is 2. The summed E-state index contributed by atoms with van der Waals surface area (Å²) in [4.78, 5) is 36.2. The fraction of sp³-hybridized carbons (Fsp3) is 0.429. The third-order valence-corrected chi connectivity index (χ3v) is 3.85. The number of hydrogen-bond acceptors (Lipinski definition) is 5. The summed E-state index contributed by atoms with van der Waals surface area (Å²) in [7, 11) is 0. The standard InChI is InChI=1S/C14H17ClN4O4/c1-9-8-18(6-5-16-9)12(20)7-17-14(21)13-10(15)3-2-4-11(13)19(22)23/h2-4,9,16H,5-8H2,1H3,(H,17,21). The van der Waals surface area contributed by atoms with Crippen molar-refractivity contribution in [2.24, 2.45) is 0 Å². The van der Waals surface area contributed by atoms with Crippen LogP contribution in [0.1, 0.15) is 17.3 Å². The van der Waals surface area contributed by atoms with E-state index in [1.165, 1.54) is 18.2 Å². The average molecular weight is 341 g/mol. The van der Waals surface area contributed by atoms with Crippen LogP contribution in [0.15, 0.2) is 18.2 Å². The number of halogens is 1. The molecule has 1 heterocycles. The van der Waals surface area contributed by atoms with Gasteiger partial charge in [-0.05, 0) is 13.0 Å². The zero-order valence-electron chi connectivity index (χ0n) is 12.5. The molecular weight excluding hydrogens is 324 g/mol. The Bertz CT molecular complexity index is 637. The van der Waals surface area contributed by atoms with E-state index in [9.17, 15) is 19.7 Å². The van der Waals surface area contributed by atoms with Gasteiger partial charge in [-0.15, -0.1) is 0 Å². The molecule has 2 N–H and O–H groups in total. The maximum absolute atomic E-state index is 12.2. The second kappa shape index (κ2) is 7.38. The number of piperazine rings is 1. The van der Waals surface area contributed by atoms with Gasteiger partial charge in [-0.2, -0.15) is 0 Å². The molecule has 1 atom stereocenters. The first-order chi connectivity index (χ1) is 10.9. The molecule has 0 spiro atoms. The van der Waals surface area contributed by atoms with Gasteiger partial charge in [-0.1, -0.05) is 17.7 Å². The van der Waals surface area contributed by atoms with Crippen molar-refractivity contribution < 1.29 is 14.5 Å². The minimum atomic E-state index is -0.737. The van der Waals surface area contributed by atoms with Crippen LogP contribution in [0.2, 0.25) is 5.02 Å². The quantitative estimate of drug-likeness (QED) is 0.623. The van der Waals surface area contributed by atoms with Crippen LogP contribution >= 0.6 is 11.6 Å². The van der Waals surface area contributed by atoms with Crippen molar-refractivity contribution in [3.05, 3.63) is 38.9 Å². The summed E-state index contributed by atoms with van der Waals surface area (Å²) in [5, 5.41) is 16.6.